The Bertz CT molecular complexity index is 950. The number of carbonyl (C=O) groups is 2. The molecule has 0 bridgehead atoms. The molecular formula is C24H24N2O2. The van der Waals surface area contributed by atoms with Gasteiger partial charge in [0.05, 0.1) is 0 Å². The molecule has 0 aliphatic rings. The van der Waals surface area contributed by atoms with E-state index in [-0.39, 0.29) is 17.9 Å². The Morgan fingerprint density at radius 2 is 1.46 bits per heavy atom. The van der Waals surface area contributed by atoms with Crippen LogP contribution in [0.4, 0.5) is 5.69 Å². The van der Waals surface area contributed by atoms with Crippen molar-refractivity contribution in [3.8, 4) is 11.1 Å². The van der Waals surface area contributed by atoms with Crippen molar-refractivity contribution in [2.75, 3.05) is 5.32 Å². The second-order valence-electron chi connectivity index (χ2n) is 6.76. The zero-order valence-corrected chi connectivity index (χ0v) is 16.1. The van der Waals surface area contributed by atoms with E-state index in [0.29, 0.717) is 16.8 Å². The highest BCUT2D eigenvalue weighted by molar-refractivity contribution is 6.05. The van der Waals surface area contributed by atoms with Crippen molar-refractivity contribution < 1.29 is 9.59 Å². The van der Waals surface area contributed by atoms with Crippen LogP contribution in [0.2, 0.25) is 0 Å². The van der Waals surface area contributed by atoms with Crippen LogP contribution in [0.5, 0.6) is 0 Å². The van der Waals surface area contributed by atoms with Gasteiger partial charge in [-0.3, -0.25) is 9.59 Å². The molecule has 0 radical (unpaired) electrons. The van der Waals surface area contributed by atoms with Gasteiger partial charge in [0.15, 0.2) is 0 Å². The van der Waals surface area contributed by atoms with Crippen LogP contribution >= 0.6 is 0 Å². The van der Waals surface area contributed by atoms with Crippen LogP contribution in [-0.2, 0) is 0 Å². The van der Waals surface area contributed by atoms with E-state index in [9.17, 15) is 9.59 Å². The SMILES string of the molecule is CCC(C)NC(=O)c1cccc(NC(=O)c2ccc(-c3ccccc3)cc2)c1. The summed E-state index contributed by atoms with van der Waals surface area (Å²) < 4.78 is 0. The molecule has 0 aromatic heterocycles. The number of benzene rings is 3. The van der Waals surface area contributed by atoms with Gasteiger partial charge in [-0.1, -0.05) is 55.5 Å². The molecule has 4 heteroatoms. The topological polar surface area (TPSA) is 58.2 Å². The first-order chi connectivity index (χ1) is 13.6. The molecule has 3 aromatic carbocycles. The Balaban J connectivity index is 1.69. The first-order valence-corrected chi connectivity index (χ1v) is 9.44. The van der Waals surface area contributed by atoms with Crippen molar-refractivity contribution in [2.45, 2.75) is 26.3 Å². The summed E-state index contributed by atoms with van der Waals surface area (Å²) in [5, 5.41) is 5.79. The van der Waals surface area contributed by atoms with Gasteiger partial charge in [-0.2, -0.15) is 0 Å². The molecule has 0 saturated heterocycles. The largest absolute Gasteiger partial charge is 0.350 e. The van der Waals surface area contributed by atoms with Crippen molar-refractivity contribution >= 4 is 17.5 Å². The summed E-state index contributed by atoms with van der Waals surface area (Å²) in [6.07, 6.45) is 0.862. The second-order valence-corrected chi connectivity index (χ2v) is 6.76. The van der Waals surface area contributed by atoms with Gasteiger partial charge in [0.1, 0.15) is 0 Å². The van der Waals surface area contributed by atoms with E-state index in [0.717, 1.165) is 17.5 Å². The zero-order chi connectivity index (χ0) is 19.9. The lowest BCUT2D eigenvalue weighted by molar-refractivity contribution is 0.0938. The molecule has 3 aromatic rings. The molecule has 0 aliphatic carbocycles. The summed E-state index contributed by atoms with van der Waals surface area (Å²) in [5.41, 5.74) is 3.84. The minimum absolute atomic E-state index is 0.105. The fourth-order valence-corrected chi connectivity index (χ4v) is 2.80. The molecule has 142 valence electrons. The third-order valence-electron chi connectivity index (χ3n) is 4.63. The lowest BCUT2D eigenvalue weighted by Gasteiger charge is -2.12. The first kappa shape index (κ1) is 19.4. The average molecular weight is 372 g/mol. The molecule has 1 unspecified atom stereocenters. The molecule has 4 nitrogen and oxygen atoms in total. The van der Waals surface area contributed by atoms with E-state index in [4.69, 9.17) is 0 Å². The van der Waals surface area contributed by atoms with Crippen LogP contribution in [0.3, 0.4) is 0 Å². The average Bonchev–Trinajstić information content (AvgIpc) is 2.74. The van der Waals surface area contributed by atoms with Crippen LogP contribution in [0.25, 0.3) is 11.1 Å². The summed E-state index contributed by atoms with van der Waals surface area (Å²) >= 11 is 0. The smallest absolute Gasteiger partial charge is 0.255 e. The van der Waals surface area contributed by atoms with Crippen molar-refractivity contribution in [2.24, 2.45) is 0 Å². The molecule has 0 aliphatic heterocycles. The van der Waals surface area contributed by atoms with E-state index in [1.807, 2.05) is 56.3 Å². The Labute approximate surface area is 165 Å². The fourth-order valence-electron chi connectivity index (χ4n) is 2.80. The molecule has 0 spiro atoms. The number of hydrogen-bond donors (Lipinski definition) is 2. The maximum atomic E-state index is 12.6. The Hall–Kier alpha value is -3.40. The van der Waals surface area contributed by atoms with E-state index in [1.165, 1.54) is 0 Å². The predicted octanol–water partition coefficient (Wildman–Crippen LogP) is 5.13. The van der Waals surface area contributed by atoms with E-state index < -0.39 is 0 Å². The zero-order valence-electron chi connectivity index (χ0n) is 16.1. The van der Waals surface area contributed by atoms with E-state index >= 15 is 0 Å². The third-order valence-corrected chi connectivity index (χ3v) is 4.63. The monoisotopic (exact) mass is 372 g/mol. The van der Waals surface area contributed by atoms with Crippen LogP contribution in [0.1, 0.15) is 41.0 Å². The molecule has 0 fully saturated rings. The first-order valence-electron chi connectivity index (χ1n) is 9.44. The number of amides is 2. The molecule has 28 heavy (non-hydrogen) atoms. The molecule has 2 amide bonds. The summed E-state index contributed by atoms with van der Waals surface area (Å²) in [6.45, 7) is 3.98. The van der Waals surface area contributed by atoms with Gasteiger partial charge in [-0.05, 0) is 54.8 Å². The van der Waals surface area contributed by atoms with Crippen LogP contribution in [0, 0.1) is 0 Å². The number of anilines is 1. The lowest BCUT2D eigenvalue weighted by Crippen LogP contribution is -2.31. The molecule has 2 N–H and O–H groups in total. The van der Waals surface area contributed by atoms with E-state index in [2.05, 4.69) is 10.6 Å². The maximum absolute atomic E-state index is 12.6. The van der Waals surface area contributed by atoms with Crippen LogP contribution in [-0.4, -0.2) is 17.9 Å². The van der Waals surface area contributed by atoms with Gasteiger partial charge in [-0.25, -0.2) is 0 Å². The van der Waals surface area contributed by atoms with E-state index in [1.54, 1.807) is 36.4 Å². The summed E-state index contributed by atoms with van der Waals surface area (Å²) in [4.78, 5) is 24.8. The van der Waals surface area contributed by atoms with Crippen molar-refractivity contribution in [3.63, 3.8) is 0 Å². The van der Waals surface area contributed by atoms with Crippen molar-refractivity contribution in [3.05, 3.63) is 90.0 Å². The highest BCUT2D eigenvalue weighted by Crippen LogP contribution is 2.20. The fraction of sp³-hybridized carbons (Fsp3) is 0.167. The van der Waals surface area contributed by atoms with Crippen LogP contribution < -0.4 is 10.6 Å². The third kappa shape index (κ3) is 4.86. The van der Waals surface area contributed by atoms with Crippen LogP contribution in [0.15, 0.2) is 78.9 Å². The Morgan fingerprint density at radius 1 is 0.786 bits per heavy atom. The molecule has 3 rings (SSSR count). The normalized spacial score (nSPS) is 11.5. The summed E-state index contributed by atoms with van der Waals surface area (Å²) in [6, 6.07) is 24.5. The minimum atomic E-state index is -0.209. The Morgan fingerprint density at radius 3 is 2.14 bits per heavy atom. The van der Waals surface area contributed by atoms with Gasteiger partial charge < -0.3 is 10.6 Å². The van der Waals surface area contributed by atoms with Gasteiger partial charge in [0.2, 0.25) is 0 Å². The molecule has 0 saturated carbocycles. The van der Waals surface area contributed by atoms with Gasteiger partial charge >= 0.3 is 0 Å². The van der Waals surface area contributed by atoms with Gasteiger partial charge in [0.25, 0.3) is 11.8 Å². The van der Waals surface area contributed by atoms with Gasteiger partial charge in [0, 0.05) is 22.9 Å². The summed E-state index contributed by atoms with van der Waals surface area (Å²) in [5.74, 6) is -0.350. The molecular weight excluding hydrogens is 348 g/mol. The quantitative estimate of drug-likeness (QED) is 0.630. The molecule has 0 heterocycles. The Kier molecular flexibility index (Phi) is 6.22. The van der Waals surface area contributed by atoms with Crippen molar-refractivity contribution in [1.82, 2.24) is 5.32 Å². The highest BCUT2D eigenvalue weighted by atomic mass is 16.2. The predicted molar refractivity (Wildman–Crippen MR) is 113 cm³/mol. The maximum Gasteiger partial charge on any atom is 0.255 e. The summed E-state index contributed by atoms with van der Waals surface area (Å²) in [7, 11) is 0. The minimum Gasteiger partial charge on any atom is -0.350 e. The second kappa shape index (κ2) is 9.00. The van der Waals surface area contributed by atoms with Gasteiger partial charge in [-0.15, -0.1) is 0 Å². The number of hydrogen-bond acceptors (Lipinski definition) is 2. The standard InChI is InChI=1S/C24H24N2O2/c1-3-17(2)25-24(28)21-10-7-11-22(16-21)26-23(27)20-14-12-19(13-15-20)18-8-5-4-6-9-18/h4-17H,3H2,1-2H3,(H,25,28)(H,26,27). The number of carbonyl (C=O) groups excluding carboxylic acids is 2. The number of nitrogens with one attached hydrogen (secondary N) is 2. The number of rotatable bonds is 6. The van der Waals surface area contributed by atoms with Crippen molar-refractivity contribution in [1.29, 1.82) is 0 Å². The lowest BCUT2D eigenvalue weighted by atomic mass is 10.0. The molecule has 1 atom stereocenters. The highest BCUT2D eigenvalue weighted by Gasteiger charge is 2.11.